The zero-order valence-electron chi connectivity index (χ0n) is 78.7. The topological polar surface area (TPSA) is 481 Å². The van der Waals surface area contributed by atoms with Gasteiger partial charge in [0.05, 0.1) is 101 Å². The number of fused-ring (bicyclic) bond motifs is 6. The zero-order chi connectivity index (χ0) is 92.2. The molecule has 10 atom stereocenters. The average Bonchev–Trinajstić information content (AvgIpc) is 1.57. The standard InChI is InChI=1S/C44H58N8O10S.C37H50N4O8S.C7H10N4O3.CH4.Ca.ClH.Na.2H/c1-26(2)61-37-20-36(30-15-16-35(60-7)27(3)39(30)47-37)62-29-19-33-34(53)22-44(42(57)49-63(58,59)43(4)17-18-43)21-28(44)13-11-9-8-10-12-14-31(41(56)51(33)24-29)46-40(55)32-23-45-52(48-32)25-38(54)50(5)6;1-22(2)48-32-18-31(26-13-14-30(47-5)23(3)33(26)39-32)49-25-17-28-29(42)20-37(35(44)40-50(45,46)36(4)15-16-36)19-24(37)11-9-7-6-8-10-12-27(38)34(43)41(28)21-25;1-10(2)6(12)4-11-8-3-5(9-11)7(13)14;;;;;;/h11,13,15-16,20,23,26,28-29,31,33H,8-10,12,14,17-19,21-22,24-25H2,1-7H3,(H,46,55)(H,49,57);9,11,13-14,18,22,24-25,27-28H,6-8,10,12,15-17,19-21,38H2,1-5H3,(H,40,44);3H,4H2,1-2H3,(H,13,14);1H4;;1H;;;/q;;;;+2;;+1;2*-1/p-1/b13-11-;11-9-;;;;;;;/t28-,29-,31+,33+,44-;24-,25-,27+,28+,37-;;;;;;;/m11......./s1. The number of hydrogen-bond acceptors (Lipinski definition) is 27. The number of nitrogens with one attached hydrogen (secondary N) is 3. The number of rotatable bonds is 23. The second kappa shape index (κ2) is 44.7. The van der Waals surface area contributed by atoms with Crippen molar-refractivity contribution in [3.8, 4) is 34.8 Å². The number of likely N-dealkylation sites (N-methyl/N-ethyl adjacent to an activating group) is 2. The largest absolute Gasteiger partial charge is 2.00 e. The first-order valence-electron chi connectivity index (χ1n) is 43.4. The molecule has 131 heavy (non-hydrogen) atoms. The normalized spacial score (nSPS) is 24.3. The van der Waals surface area contributed by atoms with Crippen LogP contribution in [0.5, 0.6) is 34.8 Å². The van der Waals surface area contributed by atoms with Gasteiger partial charge >= 0.3 is 67.3 Å². The minimum atomic E-state index is -4.00. The Bertz CT molecular complexity index is 5550. The van der Waals surface area contributed by atoms with Crippen LogP contribution in [0.3, 0.4) is 0 Å². The molecule has 4 aliphatic carbocycles. The molecule has 2 saturated heterocycles. The smallest absolute Gasteiger partial charge is 1.00 e. The number of carboxylic acid groups (broad SMARTS) is 1. The summed E-state index contributed by atoms with van der Waals surface area (Å²) in [5.41, 5.74) is 4.12. The van der Waals surface area contributed by atoms with E-state index in [0.29, 0.717) is 109 Å². The maximum atomic E-state index is 14.9. The Morgan fingerprint density at radius 2 is 1.01 bits per heavy atom. The van der Waals surface area contributed by atoms with Crippen LogP contribution in [0.2, 0.25) is 0 Å². The van der Waals surface area contributed by atoms with E-state index in [0.717, 1.165) is 64.4 Å². The molecule has 14 rings (SSSR count). The van der Waals surface area contributed by atoms with Gasteiger partial charge in [-0.1, -0.05) is 51.0 Å². The third-order valence-corrected chi connectivity index (χ3v) is 29.5. The van der Waals surface area contributed by atoms with Gasteiger partial charge in [0.25, 0.3) is 11.8 Å². The Morgan fingerprint density at radius 3 is 1.40 bits per heavy atom. The van der Waals surface area contributed by atoms with Crippen LogP contribution in [0.25, 0.3) is 21.8 Å². The van der Waals surface area contributed by atoms with Crippen molar-refractivity contribution in [2.24, 2.45) is 22.7 Å². The number of ether oxygens (including phenoxy) is 6. The zero-order valence-corrected chi connectivity index (χ0v) is 83.3. The first-order valence-corrected chi connectivity index (χ1v) is 46.3. The van der Waals surface area contributed by atoms with Crippen LogP contribution in [-0.2, 0) is 71.5 Å². The number of aromatic carboxylic acids is 1. The van der Waals surface area contributed by atoms with Crippen molar-refractivity contribution >= 4 is 138 Å². The average molecular weight is 1920 g/mol. The number of allylic oxidation sites excluding steroid dienone is 4. The molecule has 0 radical (unpaired) electrons. The summed E-state index contributed by atoms with van der Waals surface area (Å²) in [5, 5.41) is 29.9. The minimum absolute atomic E-state index is 0. The number of halogens is 1. The molecule has 6 fully saturated rings. The van der Waals surface area contributed by atoms with Crippen LogP contribution >= 0.6 is 0 Å². The molecule has 37 nitrogen and oxygen atoms in total. The van der Waals surface area contributed by atoms with Crippen molar-refractivity contribution in [1.29, 1.82) is 0 Å². The molecule has 8 heterocycles. The Hall–Kier alpha value is -8.67. The Morgan fingerprint density at radius 1 is 0.603 bits per heavy atom. The number of benzene rings is 2. The SMILES string of the molecule is C.CN(C)C(=O)Cn1ncc(C(=O)[O-])n1.COc1ccc2c(O[C@@H]3C[C@H]4C(=O)C[C@]5(C(=O)NS(=O)(=O)C6(C)CC6)C[C@H]5/C=C\CCCCC[C@H](NC(=O)c5cnn(CC(=O)N(C)C)n5)C(=O)N4C3)cc(OC(C)C)nc2c1C.COc1ccc2c(O[C@@H]3C[C@H]4C(=O)C[C@]5(C(=O)NS(=O)(=O)C6(C)CC6)C[C@H]5/C=C\CCCCC[C@H]([NH3+])C(=O)N4C3)cc(OC(C)C)nc2c1C.[Ca+2].[Cl-].[H-].[H-].[Na+]. The fourth-order valence-electron chi connectivity index (χ4n) is 16.5. The van der Waals surface area contributed by atoms with E-state index in [1.165, 1.54) is 20.9 Å². The molecule has 4 saturated carbocycles. The molecular formula is C89H124CaClN16NaO21S2. The number of carboxylic acids is 1. The quantitative estimate of drug-likeness (QED) is 0.0470. The number of carbonyl (C=O) groups excluding carboxylic acids is 10. The maximum Gasteiger partial charge on any atom is 2.00 e. The minimum Gasteiger partial charge on any atom is -1.00 e. The second-order valence-corrected chi connectivity index (χ2v) is 40.4. The van der Waals surface area contributed by atoms with E-state index < -0.39 is 112 Å². The summed E-state index contributed by atoms with van der Waals surface area (Å²) >= 11 is 0. The van der Waals surface area contributed by atoms with E-state index in [4.69, 9.17) is 38.4 Å². The molecule has 2 aromatic carbocycles. The molecule has 6 N–H and O–H groups in total. The van der Waals surface area contributed by atoms with Crippen LogP contribution < -0.4 is 96.0 Å². The number of Topliss-reactive ketones (excluding diaryl/α,β-unsaturated/α-hetero) is 2. The molecule has 42 heteroatoms. The number of methoxy groups -OCH3 is 2. The van der Waals surface area contributed by atoms with Crippen molar-refractivity contribution < 1.29 is 149 Å². The summed E-state index contributed by atoms with van der Waals surface area (Å²) in [6.07, 6.45) is 17.8. The number of hydrogen-bond donors (Lipinski definition) is 4. The van der Waals surface area contributed by atoms with E-state index in [1.807, 2.05) is 90.1 Å². The van der Waals surface area contributed by atoms with Crippen LogP contribution in [0.15, 0.2) is 73.1 Å². The number of ketones is 2. The monoisotopic (exact) mass is 1910 g/mol. The van der Waals surface area contributed by atoms with E-state index in [-0.39, 0.29) is 214 Å². The molecule has 708 valence electrons. The van der Waals surface area contributed by atoms with Gasteiger partial charge in [-0.25, -0.2) is 26.8 Å². The van der Waals surface area contributed by atoms with Gasteiger partial charge in [-0.2, -0.15) is 24.9 Å². The third-order valence-electron chi connectivity index (χ3n) is 25.2. The van der Waals surface area contributed by atoms with Gasteiger partial charge in [-0.15, -0.1) is 5.10 Å². The number of aryl methyl sites for hydroxylation is 2. The number of aromatic nitrogens is 8. The van der Waals surface area contributed by atoms with Crippen molar-refractivity contribution in [3.05, 3.63) is 95.6 Å². The number of sulfonamides is 2. The molecule has 6 aromatic rings. The van der Waals surface area contributed by atoms with Gasteiger partial charge < -0.3 is 84.2 Å². The van der Waals surface area contributed by atoms with Gasteiger partial charge in [0.2, 0.25) is 61.3 Å². The molecule has 8 aliphatic rings. The Labute approximate surface area is 825 Å². The van der Waals surface area contributed by atoms with E-state index >= 15 is 0 Å². The molecule has 7 amide bonds. The molecule has 4 aromatic heterocycles. The Balaban J connectivity index is 0.000000348. The van der Waals surface area contributed by atoms with Crippen molar-refractivity contribution in [2.45, 2.75) is 262 Å². The molecule has 0 spiro atoms. The van der Waals surface area contributed by atoms with E-state index in [1.54, 1.807) is 73.3 Å². The van der Waals surface area contributed by atoms with Gasteiger partial charge in [0.1, 0.15) is 60.0 Å². The third kappa shape index (κ3) is 25.3. The summed E-state index contributed by atoms with van der Waals surface area (Å²) in [7, 11) is 1.64. The van der Waals surface area contributed by atoms with E-state index in [2.05, 4.69) is 40.9 Å². The van der Waals surface area contributed by atoms with Crippen LogP contribution in [-0.4, -0.2) is 287 Å². The van der Waals surface area contributed by atoms with Crippen molar-refractivity contribution in [1.82, 2.24) is 74.3 Å². The van der Waals surface area contributed by atoms with Crippen molar-refractivity contribution in [2.75, 3.05) is 55.5 Å². The summed E-state index contributed by atoms with van der Waals surface area (Å²) in [6.45, 7) is 14.4. The van der Waals surface area contributed by atoms with E-state index in [9.17, 15) is 69.9 Å². The van der Waals surface area contributed by atoms with Gasteiger partial charge in [0, 0.05) is 94.3 Å². The number of quaternary nitrogens is 1. The fourth-order valence-corrected chi connectivity index (χ4v) is 19.2. The van der Waals surface area contributed by atoms with Gasteiger partial charge in [0.15, 0.2) is 23.3 Å². The maximum absolute atomic E-state index is 14.9. The van der Waals surface area contributed by atoms with Crippen LogP contribution in [0.4, 0.5) is 0 Å². The predicted octanol–water partition coefficient (Wildman–Crippen LogP) is -0.350. The summed E-state index contributed by atoms with van der Waals surface area (Å²) in [4.78, 5) is 151. The molecule has 4 aliphatic heterocycles. The second-order valence-electron chi connectivity index (χ2n) is 36.0. The molecule has 0 bridgehead atoms. The summed E-state index contributed by atoms with van der Waals surface area (Å²) < 4.78 is 91.9. The Kier molecular flexibility index (Phi) is 36.7. The number of amides is 7. The summed E-state index contributed by atoms with van der Waals surface area (Å²) in [6, 6.07) is 7.21. The van der Waals surface area contributed by atoms with Gasteiger partial charge in [-0.3, -0.25) is 52.6 Å². The fraction of sp³-hybridized carbons (Fsp3) is 0.596. The predicted molar refractivity (Wildman–Crippen MR) is 475 cm³/mol. The van der Waals surface area contributed by atoms with Crippen LogP contribution in [0.1, 0.15) is 212 Å². The number of nitrogens with zero attached hydrogens (tertiary/aromatic N) is 12. The first kappa shape index (κ1) is 108. The number of pyridine rings is 2. The molecule has 0 unspecified atom stereocenters. The van der Waals surface area contributed by atoms with Crippen molar-refractivity contribution in [3.63, 3.8) is 0 Å². The molecular weight excluding hydrogens is 1790 g/mol. The summed E-state index contributed by atoms with van der Waals surface area (Å²) in [5.74, 6) is -3.11. The van der Waals surface area contributed by atoms with Crippen LogP contribution in [0, 0.1) is 36.5 Å². The first-order chi connectivity index (χ1) is 60.0. The van der Waals surface area contributed by atoms with Gasteiger partial charge in [-0.05, 0) is 169 Å². The number of carbonyl (C=O) groups is 10.